The van der Waals surface area contributed by atoms with Gasteiger partial charge in [-0.05, 0) is 19.1 Å². The summed E-state index contributed by atoms with van der Waals surface area (Å²) in [6, 6.07) is 7.90. The van der Waals surface area contributed by atoms with E-state index in [0.29, 0.717) is 18.1 Å². The molecule has 0 bridgehead atoms. The van der Waals surface area contributed by atoms with Gasteiger partial charge in [-0.15, -0.1) is 11.8 Å². The molecule has 2 unspecified atom stereocenters. The quantitative estimate of drug-likeness (QED) is 0.928. The van der Waals surface area contributed by atoms with Crippen LogP contribution in [-0.2, 0) is 6.42 Å². The normalized spacial score (nSPS) is 19.6. The van der Waals surface area contributed by atoms with Gasteiger partial charge in [-0.3, -0.25) is 0 Å². The molecule has 5 nitrogen and oxygen atoms in total. The first-order valence-electron chi connectivity index (χ1n) is 6.11. The maximum Gasteiger partial charge on any atom is 0.229 e. The van der Waals surface area contributed by atoms with E-state index in [1.54, 1.807) is 18.7 Å². The summed E-state index contributed by atoms with van der Waals surface area (Å²) in [4.78, 5) is 5.40. The lowest BCUT2D eigenvalue weighted by Crippen LogP contribution is -2.16. The van der Waals surface area contributed by atoms with E-state index >= 15 is 0 Å². The SMILES string of the molecule is CC(O)Cc1nc(C2CSc3ccccc3O2)no1. The molecule has 6 heteroatoms. The maximum absolute atomic E-state index is 9.29. The summed E-state index contributed by atoms with van der Waals surface area (Å²) in [6.07, 6.45) is -0.328. The Balaban J connectivity index is 1.76. The van der Waals surface area contributed by atoms with Crippen LogP contribution >= 0.6 is 11.8 Å². The molecule has 2 atom stereocenters. The van der Waals surface area contributed by atoms with Crippen LogP contribution in [0, 0.1) is 0 Å². The molecule has 3 rings (SSSR count). The average molecular weight is 278 g/mol. The molecule has 0 fully saturated rings. The third kappa shape index (κ3) is 2.74. The molecule has 1 aromatic heterocycles. The number of rotatable bonds is 3. The molecule has 2 aromatic rings. The number of benzene rings is 1. The Bertz CT molecular complexity index is 571. The number of hydrogen-bond acceptors (Lipinski definition) is 6. The van der Waals surface area contributed by atoms with Crippen molar-refractivity contribution in [3.63, 3.8) is 0 Å². The zero-order chi connectivity index (χ0) is 13.2. The number of aliphatic hydroxyl groups excluding tert-OH is 1. The van der Waals surface area contributed by atoms with Crippen LogP contribution < -0.4 is 4.74 Å². The lowest BCUT2D eigenvalue weighted by molar-refractivity contribution is 0.180. The summed E-state index contributed by atoms with van der Waals surface area (Å²) in [7, 11) is 0. The molecular weight excluding hydrogens is 264 g/mol. The number of aliphatic hydroxyl groups is 1. The van der Waals surface area contributed by atoms with Crippen LogP contribution in [0.1, 0.15) is 24.7 Å². The number of fused-ring (bicyclic) bond motifs is 1. The molecule has 0 saturated carbocycles. The van der Waals surface area contributed by atoms with Gasteiger partial charge >= 0.3 is 0 Å². The van der Waals surface area contributed by atoms with Gasteiger partial charge in [-0.25, -0.2) is 0 Å². The minimum Gasteiger partial charge on any atom is -0.480 e. The molecule has 0 spiro atoms. The lowest BCUT2D eigenvalue weighted by Gasteiger charge is -2.22. The summed E-state index contributed by atoms with van der Waals surface area (Å²) in [6.45, 7) is 1.69. The predicted molar refractivity (Wildman–Crippen MR) is 70.2 cm³/mol. The van der Waals surface area contributed by atoms with Crippen molar-refractivity contribution in [1.29, 1.82) is 0 Å². The van der Waals surface area contributed by atoms with Crippen molar-refractivity contribution in [2.45, 2.75) is 30.4 Å². The molecule has 1 aromatic carbocycles. The minimum absolute atomic E-state index is 0.202. The van der Waals surface area contributed by atoms with E-state index in [-0.39, 0.29) is 6.10 Å². The number of aromatic nitrogens is 2. The van der Waals surface area contributed by atoms with E-state index in [0.717, 1.165) is 16.4 Å². The van der Waals surface area contributed by atoms with Crippen molar-refractivity contribution in [2.75, 3.05) is 5.75 Å². The van der Waals surface area contributed by atoms with E-state index in [1.807, 2.05) is 24.3 Å². The average Bonchev–Trinajstić information content (AvgIpc) is 2.86. The highest BCUT2D eigenvalue weighted by atomic mass is 32.2. The molecule has 19 heavy (non-hydrogen) atoms. The predicted octanol–water partition coefficient (Wildman–Crippen LogP) is 2.22. The summed E-state index contributed by atoms with van der Waals surface area (Å²) < 4.78 is 11.0. The molecular formula is C13H14N2O3S. The third-order valence-electron chi connectivity index (χ3n) is 2.75. The highest BCUT2D eigenvalue weighted by Gasteiger charge is 2.26. The molecule has 1 aliphatic heterocycles. The molecule has 1 aliphatic rings. The van der Waals surface area contributed by atoms with E-state index in [1.165, 1.54) is 0 Å². The van der Waals surface area contributed by atoms with E-state index in [9.17, 15) is 5.11 Å². The Labute approximate surface area is 115 Å². The Morgan fingerprint density at radius 3 is 3.16 bits per heavy atom. The number of para-hydroxylation sites is 1. The Kier molecular flexibility index (Phi) is 3.44. The summed E-state index contributed by atoms with van der Waals surface area (Å²) in [5.74, 6) is 2.59. The number of thioether (sulfide) groups is 1. The van der Waals surface area contributed by atoms with Crippen LogP contribution in [0.25, 0.3) is 0 Å². The first kappa shape index (κ1) is 12.5. The van der Waals surface area contributed by atoms with Gasteiger partial charge in [0.05, 0.1) is 12.5 Å². The third-order valence-corrected chi connectivity index (χ3v) is 3.87. The van der Waals surface area contributed by atoms with Crippen LogP contribution in [0.3, 0.4) is 0 Å². The topological polar surface area (TPSA) is 68.4 Å². The van der Waals surface area contributed by atoms with Crippen molar-refractivity contribution in [3.05, 3.63) is 36.0 Å². The van der Waals surface area contributed by atoms with Crippen molar-refractivity contribution in [2.24, 2.45) is 0 Å². The van der Waals surface area contributed by atoms with Crippen LogP contribution in [0.4, 0.5) is 0 Å². The minimum atomic E-state index is -0.490. The smallest absolute Gasteiger partial charge is 0.229 e. The second-order valence-electron chi connectivity index (χ2n) is 4.46. The van der Waals surface area contributed by atoms with E-state index in [4.69, 9.17) is 9.26 Å². The van der Waals surface area contributed by atoms with E-state index < -0.39 is 6.10 Å². The zero-order valence-corrected chi connectivity index (χ0v) is 11.3. The lowest BCUT2D eigenvalue weighted by atomic mass is 10.3. The van der Waals surface area contributed by atoms with Crippen molar-refractivity contribution in [3.8, 4) is 5.75 Å². The second-order valence-corrected chi connectivity index (χ2v) is 5.53. The number of nitrogens with zero attached hydrogens (tertiary/aromatic N) is 2. The molecule has 1 N–H and O–H groups in total. The van der Waals surface area contributed by atoms with Gasteiger partial charge in [0.15, 0.2) is 6.10 Å². The van der Waals surface area contributed by atoms with E-state index in [2.05, 4.69) is 10.1 Å². The fraction of sp³-hybridized carbons (Fsp3) is 0.385. The van der Waals surface area contributed by atoms with Crippen molar-refractivity contribution in [1.82, 2.24) is 10.1 Å². The van der Waals surface area contributed by atoms with Crippen LogP contribution in [0.2, 0.25) is 0 Å². The Morgan fingerprint density at radius 2 is 2.32 bits per heavy atom. The van der Waals surface area contributed by atoms with Gasteiger partial charge < -0.3 is 14.4 Å². The monoisotopic (exact) mass is 278 g/mol. The van der Waals surface area contributed by atoms with Crippen LogP contribution in [-0.4, -0.2) is 27.1 Å². The van der Waals surface area contributed by atoms with Gasteiger partial charge in [-0.1, -0.05) is 17.3 Å². The second kappa shape index (κ2) is 5.22. The number of ether oxygens (including phenoxy) is 1. The van der Waals surface area contributed by atoms with Crippen LogP contribution in [0.15, 0.2) is 33.7 Å². The van der Waals surface area contributed by atoms with Gasteiger partial charge in [0.25, 0.3) is 0 Å². The van der Waals surface area contributed by atoms with Crippen molar-refractivity contribution >= 4 is 11.8 Å². The Morgan fingerprint density at radius 1 is 1.47 bits per heavy atom. The van der Waals surface area contributed by atoms with Gasteiger partial charge in [0.1, 0.15) is 5.75 Å². The van der Waals surface area contributed by atoms with Crippen molar-refractivity contribution < 1.29 is 14.4 Å². The molecule has 0 radical (unpaired) electrons. The summed E-state index contributed by atoms with van der Waals surface area (Å²) in [5, 5.41) is 13.2. The Hall–Kier alpha value is -1.53. The maximum atomic E-state index is 9.29. The first-order valence-corrected chi connectivity index (χ1v) is 7.10. The molecule has 0 saturated heterocycles. The van der Waals surface area contributed by atoms with Gasteiger partial charge in [0, 0.05) is 10.6 Å². The fourth-order valence-corrected chi connectivity index (χ4v) is 2.86. The van der Waals surface area contributed by atoms with Gasteiger partial charge in [-0.2, -0.15) is 4.98 Å². The molecule has 0 aliphatic carbocycles. The number of hydrogen-bond donors (Lipinski definition) is 1. The zero-order valence-electron chi connectivity index (χ0n) is 10.4. The highest BCUT2D eigenvalue weighted by Crippen LogP contribution is 2.39. The molecule has 0 amide bonds. The van der Waals surface area contributed by atoms with Crippen LogP contribution in [0.5, 0.6) is 5.75 Å². The van der Waals surface area contributed by atoms with Gasteiger partial charge in [0.2, 0.25) is 11.7 Å². The summed E-state index contributed by atoms with van der Waals surface area (Å²) in [5.41, 5.74) is 0. The largest absolute Gasteiger partial charge is 0.480 e. The molecule has 2 heterocycles. The summed E-state index contributed by atoms with van der Waals surface area (Å²) >= 11 is 1.72. The first-order chi connectivity index (χ1) is 9.22. The standard InChI is InChI=1S/C13H14N2O3S/c1-8(16)6-12-14-13(15-18-12)10-7-19-11-5-3-2-4-9(11)17-10/h2-5,8,10,16H,6-7H2,1H3. The fourth-order valence-electron chi connectivity index (χ4n) is 1.88. The highest BCUT2D eigenvalue weighted by molar-refractivity contribution is 7.99. The molecule has 100 valence electrons.